The number of piperazine rings is 1. The monoisotopic (exact) mass is 770 g/mol. The molecular weight excluding hydrogens is 723 g/mol. The Bertz CT molecular complexity index is 2030. The van der Waals surface area contributed by atoms with E-state index in [1.807, 2.05) is 42.5 Å². The Balaban J connectivity index is 0.898. The number of hydrogen-bond donors (Lipinski definition) is 3. The molecule has 3 aromatic carbocycles. The summed E-state index contributed by atoms with van der Waals surface area (Å²) in [5.74, 6) is 1.50. The van der Waals surface area contributed by atoms with Crippen molar-refractivity contribution in [1.82, 2.24) is 20.2 Å². The number of piperidine rings is 2. The Kier molecular flexibility index (Phi) is 11.4. The number of methoxy groups -OCH3 is 1. The first-order valence-corrected chi connectivity index (χ1v) is 21.6. The lowest BCUT2D eigenvalue weighted by molar-refractivity contribution is -0.134. The van der Waals surface area contributed by atoms with Gasteiger partial charge in [-0.3, -0.25) is 19.8 Å². The molecule has 3 saturated heterocycles. The minimum absolute atomic E-state index is 0.180. The summed E-state index contributed by atoms with van der Waals surface area (Å²) in [6, 6.07) is 21.9. The van der Waals surface area contributed by atoms with Crippen LogP contribution in [0.2, 0.25) is 5.02 Å². The Labute approximate surface area is 322 Å². The van der Waals surface area contributed by atoms with E-state index in [1.165, 1.54) is 11.9 Å². The van der Waals surface area contributed by atoms with Crippen molar-refractivity contribution in [2.45, 2.75) is 31.6 Å². The quantitative estimate of drug-likeness (QED) is 0.115. The molecule has 0 spiro atoms. The average molecular weight is 771 g/mol. The number of para-hydroxylation sites is 1. The number of anilines is 6. The van der Waals surface area contributed by atoms with E-state index in [9.17, 15) is 14.2 Å². The van der Waals surface area contributed by atoms with E-state index in [2.05, 4.69) is 64.9 Å². The zero-order chi connectivity index (χ0) is 37.8. The molecule has 0 radical (unpaired) electrons. The zero-order valence-electron chi connectivity index (χ0n) is 31.1. The number of benzene rings is 3. The molecule has 284 valence electrons. The minimum Gasteiger partial charge on any atom is -0.494 e. The lowest BCUT2D eigenvalue weighted by Gasteiger charge is -2.40. The van der Waals surface area contributed by atoms with Gasteiger partial charge in [-0.15, -0.1) is 0 Å². The molecule has 14 heteroatoms. The molecule has 2 amide bonds. The van der Waals surface area contributed by atoms with Crippen LogP contribution in [0.3, 0.4) is 0 Å². The number of carbonyl (C=O) groups is 2. The number of aromatic nitrogens is 2. The van der Waals surface area contributed by atoms with Gasteiger partial charge in [-0.2, -0.15) is 4.98 Å². The van der Waals surface area contributed by atoms with Crippen LogP contribution in [0.15, 0.2) is 72.9 Å². The van der Waals surface area contributed by atoms with E-state index >= 15 is 0 Å². The van der Waals surface area contributed by atoms with Crippen LogP contribution >= 0.6 is 18.7 Å². The molecule has 0 bridgehead atoms. The number of imide groups is 1. The summed E-state index contributed by atoms with van der Waals surface area (Å²) in [7, 11) is -0.879. The normalized spacial score (nSPS) is 18.7. The first-order chi connectivity index (χ1) is 26.0. The van der Waals surface area contributed by atoms with E-state index < -0.39 is 7.14 Å². The number of nitrogens with zero attached hydrogens (tertiary/aromatic N) is 5. The summed E-state index contributed by atoms with van der Waals surface area (Å²) in [5.41, 5.74) is 4.70. The molecule has 1 unspecified atom stereocenters. The summed E-state index contributed by atoms with van der Waals surface area (Å²) < 4.78 is 18.7. The molecule has 12 nitrogen and oxygen atoms in total. The first kappa shape index (κ1) is 37.7. The average Bonchev–Trinajstić information content (AvgIpc) is 3.17. The number of nitrogens with one attached hydrogen (secondary N) is 3. The third-order valence-electron chi connectivity index (χ3n) is 10.7. The van der Waals surface area contributed by atoms with Gasteiger partial charge in [0.05, 0.1) is 30.6 Å². The van der Waals surface area contributed by atoms with Crippen LogP contribution in [0.4, 0.5) is 34.5 Å². The van der Waals surface area contributed by atoms with Gasteiger partial charge in [0.25, 0.3) is 0 Å². The third-order valence-corrected chi connectivity index (χ3v) is 12.5. The van der Waals surface area contributed by atoms with Gasteiger partial charge in [0.15, 0.2) is 5.82 Å². The van der Waals surface area contributed by atoms with Gasteiger partial charge in [-0.1, -0.05) is 35.9 Å². The van der Waals surface area contributed by atoms with Crippen molar-refractivity contribution in [2.24, 2.45) is 5.92 Å². The molecule has 1 atom stereocenters. The second kappa shape index (κ2) is 16.4. The van der Waals surface area contributed by atoms with Gasteiger partial charge in [-0.25, -0.2) is 4.98 Å². The van der Waals surface area contributed by atoms with Gasteiger partial charge < -0.3 is 29.7 Å². The Morgan fingerprint density at radius 3 is 2.28 bits per heavy atom. The van der Waals surface area contributed by atoms with E-state index in [4.69, 9.17) is 16.3 Å². The molecule has 54 heavy (non-hydrogen) atoms. The highest BCUT2D eigenvalue weighted by Crippen LogP contribution is 2.39. The summed E-state index contributed by atoms with van der Waals surface area (Å²) >= 11 is 6.47. The van der Waals surface area contributed by atoms with Gasteiger partial charge in [-0.05, 0) is 80.5 Å². The van der Waals surface area contributed by atoms with E-state index in [0.717, 1.165) is 80.9 Å². The minimum atomic E-state index is -2.54. The predicted octanol–water partition coefficient (Wildman–Crippen LogP) is 6.43. The molecule has 7 rings (SSSR count). The summed E-state index contributed by atoms with van der Waals surface area (Å²) in [4.78, 5) is 40.3. The lowest BCUT2D eigenvalue weighted by atomic mass is 9.90. The van der Waals surface area contributed by atoms with Crippen LogP contribution in [-0.4, -0.2) is 92.9 Å². The van der Waals surface area contributed by atoms with Crippen LogP contribution in [0.1, 0.15) is 37.2 Å². The molecule has 1 aromatic heterocycles. The third kappa shape index (κ3) is 8.83. The van der Waals surface area contributed by atoms with Crippen molar-refractivity contribution in [2.75, 3.05) is 86.7 Å². The number of ether oxygens (including phenoxy) is 1. The van der Waals surface area contributed by atoms with Crippen molar-refractivity contribution in [3.05, 3.63) is 83.5 Å². The first-order valence-electron chi connectivity index (χ1n) is 18.6. The zero-order valence-corrected chi connectivity index (χ0v) is 32.7. The topological polar surface area (TPSA) is 132 Å². The standard InChI is InChI=1S/C40H48ClN8O4P/c1-53-35-24-30(12-14-33(35)44-40-42-25-32(41)38(46-40)43-34-6-4-5-7-36(34)54(2,3)52)49-22-20-47(21-23-49)26-27-16-18-48(19-17-27)29-10-8-28(9-11-29)31-13-15-37(50)45-39(31)51/h4-12,14,24-25,27,31H,13,15-23,26H2,1-3H3,(H,45,50,51)(H2,42,43,44,46). The smallest absolute Gasteiger partial charge is 0.234 e. The molecule has 3 N–H and O–H groups in total. The van der Waals surface area contributed by atoms with Crippen LogP contribution in [0.5, 0.6) is 5.75 Å². The van der Waals surface area contributed by atoms with E-state index in [1.54, 1.807) is 20.4 Å². The Hall–Kier alpha value is -4.64. The van der Waals surface area contributed by atoms with Crippen molar-refractivity contribution >= 4 is 70.4 Å². The lowest BCUT2D eigenvalue weighted by Crippen LogP contribution is -2.49. The molecule has 0 saturated carbocycles. The maximum atomic E-state index is 12.9. The van der Waals surface area contributed by atoms with Crippen molar-refractivity contribution in [1.29, 1.82) is 0 Å². The van der Waals surface area contributed by atoms with Crippen molar-refractivity contribution in [3.63, 3.8) is 0 Å². The number of rotatable bonds is 11. The second-order valence-corrected chi connectivity index (χ2v) is 18.3. The highest BCUT2D eigenvalue weighted by Gasteiger charge is 2.29. The molecule has 3 fully saturated rings. The molecule has 0 aliphatic carbocycles. The van der Waals surface area contributed by atoms with Gasteiger partial charge in [0, 0.05) is 75.0 Å². The fraction of sp³-hybridized carbons (Fsp3) is 0.400. The van der Waals surface area contributed by atoms with Gasteiger partial charge in [0.2, 0.25) is 17.8 Å². The van der Waals surface area contributed by atoms with Crippen LogP contribution in [0.25, 0.3) is 0 Å². The summed E-state index contributed by atoms with van der Waals surface area (Å²) in [5, 5.41) is 10.1. The Morgan fingerprint density at radius 1 is 0.870 bits per heavy atom. The summed E-state index contributed by atoms with van der Waals surface area (Å²) in [6.07, 6.45) is 4.81. The highest BCUT2D eigenvalue weighted by atomic mass is 35.5. The SMILES string of the molecule is COc1cc(N2CCN(CC3CCN(c4ccc(C5CCC(=O)NC5=O)cc4)CC3)CC2)ccc1Nc1ncc(Cl)c(Nc2ccccc2P(C)(C)=O)n1. The number of carbonyl (C=O) groups excluding carboxylic acids is 2. The molecule has 3 aliphatic rings. The van der Waals surface area contributed by atoms with Gasteiger partial charge in [0.1, 0.15) is 17.9 Å². The number of halogens is 1. The van der Waals surface area contributed by atoms with Crippen LogP contribution in [-0.2, 0) is 14.2 Å². The number of hydrogen-bond acceptors (Lipinski definition) is 11. The Morgan fingerprint density at radius 2 is 1.57 bits per heavy atom. The maximum Gasteiger partial charge on any atom is 0.234 e. The van der Waals surface area contributed by atoms with Crippen LogP contribution < -0.4 is 35.8 Å². The molecular formula is C40H48ClN8O4P. The fourth-order valence-electron chi connectivity index (χ4n) is 7.65. The predicted molar refractivity (Wildman–Crippen MR) is 217 cm³/mol. The van der Waals surface area contributed by atoms with Crippen molar-refractivity contribution < 1.29 is 18.9 Å². The molecule has 4 aromatic rings. The van der Waals surface area contributed by atoms with Crippen molar-refractivity contribution in [3.8, 4) is 5.75 Å². The molecule has 4 heterocycles. The van der Waals surface area contributed by atoms with E-state index in [0.29, 0.717) is 47.0 Å². The number of amides is 2. The summed E-state index contributed by atoms with van der Waals surface area (Å²) in [6.45, 7) is 10.5. The maximum absolute atomic E-state index is 12.9. The van der Waals surface area contributed by atoms with Crippen LogP contribution in [0, 0.1) is 5.92 Å². The molecule has 3 aliphatic heterocycles. The largest absolute Gasteiger partial charge is 0.494 e. The fourth-order valence-corrected chi connectivity index (χ4v) is 8.94. The van der Waals surface area contributed by atoms with Gasteiger partial charge >= 0.3 is 0 Å². The second-order valence-electron chi connectivity index (χ2n) is 14.7. The van der Waals surface area contributed by atoms with E-state index in [-0.39, 0.29) is 17.7 Å². The highest BCUT2D eigenvalue weighted by molar-refractivity contribution is 7.70.